The standard InChI is InChI=1S/C21H30F3NO6.C11H24O3/c1-12-10-14(22)16(24)17(15(12)23)31-18(26)13(2)25-19(27)29-9-8-20(3,4)30-11-21(5,6)28-7;1-10(2,7-8-12-5)14-9-11(3,4)13-6/h10,13H,8-9,11H2,1-7H3,(H,25,27);7-9H2,1-6H3. The van der Waals surface area contributed by atoms with Crippen LogP contribution < -0.4 is 10.1 Å². The van der Waals surface area contributed by atoms with Crippen molar-refractivity contribution in [1.29, 1.82) is 0 Å². The highest BCUT2D eigenvalue weighted by Crippen LogP contribution is 2.27. The minimum Gasteiger partial charge on any atom is -0.449 e. The van der Waals surface area contributed by atoms with E-state index in [1.165, 1.54) is 13.8 Å². The topological polar surface area (TPSA) is 111 Å². The molecule has 0 radical (unpaired) electrons. The van der Waals surface area contributed by atoms with Crippen LogP contribution in [0.25, 0.3) is 0 Å². The van der Waals surface area contributed by atoms with Crippen LogP contribution >= 0.6 is 0 Å². The number of amides is 1. The summed E-state index contributed by atoms with van der Waals surface area (Å²) in [6.45, 7) is 19.6. The summed E-state index contributed by atoms with van der Waals surface area (Å²) in [5.41, 5.74) is -1.67. The van der Waals surface area contributed by atoms with E-state index in [4.69, 9.17) is 28.4 Å². The summed E-state index contributed by atoms with van der Waals surface area (Å²) in [5.74, 6) is -6.56. The predicted molar refractivity (Wildman–Crippen MR) is 164 cm³/mol. The fourth-order valence-corrected chi connectivity index (χ4v) is 2.99. The van der Waals surface area contributed by atoms with Crippen molar-refractivity contribution in [2.24, 2.45) is 0 Å². The van der Waals surface area contributed by atoms with Gasteiger partial charge in [-0.3, -0.25) is 0 Å². The summed E-state index contributed by atoms with van der Waals surface area (Å²) < 4.78 is 77.9. The van der Waals surface area contributed by atoms with E-state index in [0.29, 0.717) is 25.7 Å². The van der Waals surface area contributed by atoms with Gasteiger partial charge >= 0.3 is 12.1 Å². The summed E-state index contributed by atoms with van der Waals surface area (Å²) in [6, 6.07) is -0.663. The van der Waals surface area contributed by atoms with Gasteiger partial charge in [0.05, 0.1) is 42.2 Å². The molecule has 0 aliphatic rings. The summed E-state index contributed by atoms with van der Waals surface area (Å²) in [4.78, 5) is 23.9. The molecule has 10 nitrogen and oxygen atoms in total. The van der Waals surface area contributed by atoms with Gasteiger partial charge in [0.15, 0.2) is 11.6 Å². The van der Waals surface area contributed by atoms with Crippen LogP contribution in [0.15, 0.2) is 6.07 Å². The number of carbonyl (C=O) groups excluding carboxylic acids is 2. The number of carbonyl (C=O) groups is 2. The lowest BCUT2D eigenvalue weighted by atomic mass is 10.1. The maximum atomic E-state index is 14.0. The number of hydrogen-bond acceptors (Lipinski definition) is 9. The first kappa shape index (κ1) is 42.6. The Morgan fingerprint density at radius 2 is 1.24 bits per heavy atom. The molecule has 0 aliphatic carbocycles. The van der Waals surface area contributed by atoms with E-state index in [0.717, 1.165) is 13.0 Å². The predicted octanol–water partition coefficient (Wildman–Crippen LogP) is 6.29. The summed E-state index contributed by atoms with van der Waals surface area (Å²) >= 11 is 0. The van der Waals surface area contributed by atoms with E-state index in [2.05, 4.69) is 23.9 Å². The molecule has 0 saturated carbocycles. The molecule has 1 N–H and O–H groups in total. The van der Waals surface area contributed by atoms with Gasteiger partial charge in [0.2, 0.25) is 11.6 Å². The Morgan fingerprint density at radius 3 is 1.69 bits per heavy atom. The number of halogens is 3. The molecule has 0 spiro atoms. The number of benzene rings is 1. The number of methoxy groups -OCH3 is 3. The molecule has 1 atom stereocenters. The maximum absolute atomic E-state index is 14.0. The molecule has 0 fully saturated rings. The molecule has 1 amide bonds. The van der Waals surface area contributed by atoms with E-state index >= 15 is 0 Å². The first-order valence-electron chi connectivity index (χ1n) is 14.7. The van der Waals surface area contributed by atoms with Crippen molar-refractivity contribution < 1.29 is 55.9 Å². The Morgan fingerprint density at radius 1 is 0.778 bits per heavy atom. The molecule has 0 aliphatic heterocycles. The molecular formula is C32H54F3NO9. The van der Waals surface area contributed by atoms with Crippen molar-refractivity contribution in [3.63, 3.8) is 0 Å². The molecule has 1 aromatic carbocycles. The van der Waals surface area contributed by atoms with Gasteiger partial charge in [-0.2, -0.15) is 4.39 Å². The van der Waals surface area contributed by atoms with E-state index in [-0.39, 0.29) is 23.4 Å². The monoisotopic (exact) mass is 653 g/mol. The molecular weight excluding hydrogens is 599 g/mol. The molecule has 13 heteroatoms. The third kappa shape index (κ3) is 17.2. The molecule has 262 valence electrons. The number of aryl methyl sites for hydroxylation is 1. The molecule has 0 heterocycles. The summed E-state index contributed by atoms with van der Waals surface area (Å²) in [5, 5.41) is 2.18. The zero-order valence-corrected chi connectivity index (χ0v) is 29.2. The Balaban J connectivity index is 0.00000116. The van der Waals surface area contributed by atoms with E-state index in [1.54, 1.807) is 21.3 Å². The zero-order valence-electron chi connectivity index (χ0n) is 29.2. The smallest absolute Gasteiger partial charge is 0.407 e. The van der Waals surface area contributed by atoms with Crippen molar-refractivity contribution in [3.8, 4) is 5.75 Å². The van der Waals surface area contributed by atoms with Crippen LogP contribution in [-0.4, -0.2) is 88.3 Å². The quantitative estimate of drug-likeness (QED) is 0.118. The van der Waals surface area contributed by atoms with E-state index in [9.17, 15) is 22.8 Å². The number of esters is 1. The van der Waals surface area contributed by atoms with Gasteiger partial charge in [-0.15, -0.1) is 0 Å². The first-order valence-corrected chi connectivity index (χ1v) is 14.7. The second-order valence-electron chi connectivity index (χ2n) is 13.1. The fourth-order valence-electron chi connectivity index (χ4n) is 2.99. The van der Waals surface area contributed by atoms with Gasteiger partial charge < -0.3 is 38.5 Å². The third-order valence-corrected chi connectivity index (χ3v) is 6.76. The number of rotatable bonds is 17. The van der Waals surface area contributed by atoms with Gasteiger partial charge in [0.1, 0.15) is 6.04 Å². The van der Waals surface area contributed by atoms with Gasteiger partial charge in [-0.25, -0.2) is 18.4 Å². The van der Waals surface area contributed by atoms with Crippen LogP contribution in [0.4, 0.5) is 18.0 Å². The highest BCUT2D eigenvalue weighted by Gasteiger charge is 2.28. The van der Waals surface area contributed by atoms with Gasteiger partial charge in [0, 0.05) is 34.4 Å². The van der Waals surface area contributed by atoms with Gasteiger partial charge in [0.25, 0.3) is 0 Å². The van der Waals surface area contributed by atoms with Gasteiger partial charge in [-0.05, 0) is 87.3 Å². The molecule has 1 rings (SSSR count). The number of alkyl carbamates (subject to hydrolysis) is 1. The summed E-state index contributed by atoms with van der Waals surface area (Å²) in [6.07, 6.45) is 0.315. The lowest BCUT2D eigenvalue weighted by Crippen LogP contribution is -2.42. The largest absolute Gasteiger partial charge is 0.449 e. The number of hydrogen-bond donors (Lipinski definition) is 1. The second kappa shape index (κ2) is 18.6. The Hall–Kier alpha value is -2.45. The maximum Gasteiger partial charge on any atom is 0.407 e. The van der Waals surface area contributed by atoms with Crippen LogP contribution in [-0.2, 0) is 33.2 Å². The van der Waals surface area contributed by atoms with E-state index in [1.807, 2.05) is 41.5 Å². The minimum atomic E-state index is -1.63. The SMILES string of the molecule is COC(C)(C)COC(C)(C)CCOC(=O)NC(C)C(=O)Oc1c(F)c(C)cc(F)c1F.COCCC(C)(C)OCC(C)(C)OC. The number of nitrogens with one attached hydrogen (secondary N) is 1. The Labute approximate surface area is 266 Å². The normalized spacial score (nSPS) is 13.1. The van der Waals surface area contributed by atoms with Crippen molar-refractivity contribution in [2.45, 2.75) is 111 Å². The van der Waals surface area contributed by atoms with Crippen LogP contribution in [0.5, 0.6) is 5.75 Å². The highest BCUT2D eigenvalue weighted by atomic mass is 19.2. The average molecular weight is 654 g/mol. The Kier molecular flexibility index (Phi) is 17.6. The Bertz CT molecular complexity index is 1050. The molecule has 0 saturated heterocycles. The lowest BCUT2D eigenvalue weighted by molar-refractivity contribution is -0.136. The van der Waals surface area contributed by atoms with Gasteiger partial charge in [-0.1, -0.05) is 0 Å². The second-order valence-corrected chi connectivity index (χ2v) is 13.1. The summed E-state index contributed by atoms with van der Waals surface area (Å²) in [7, 11) is 4.98. The van der Waals surface area contributed by atoms with Crippen LogP contribution in [0.3, 0.4) is 0 Å². The first-order chi connectivity index (χ1) is 20.5. The van der Waals surface area contributed by atoms with Crippen LogP contribution in [0.2, 0.25) is 0 Å². The fraction of sp³-hybridized carbons (Fsp3) is 0.750. The van der Waals surface area contributed by atoms with Crippen molar-refractivity contribution in [3.05, 3.63) is 29.1 Å². The minimum absolute atomic E-state index is 0.0135. The zero-order chi connectivity index (χ0) is 35.2. The average Bonchev–Trinajstić information content (AvgIpc) is 2.95. The molecule has 0 aromatic heterocycles. The van der Waals surface area contributed by atoms with Crippen molar-refractivity contribution in [1.82, 2.24) is 5.32 Å². The molecule has 0 bridgehead atoms. The van der Waals surface area contributed by atoms with Crippen molar-refractivity contribution in [2.75, 3.05) is 47.8 Å². The molecule has 1 aromatic rings. The lowest BCUT2D eigenvalue weighted by Gasteiger charge is -2.31. The van der Waals surface area contributed by atoms with E-state index < -0.39 is 52.5 Å². The van der Waals surface area contributed by atoms with Crippen LogP contribution in [0.1, 0.15) is 80.7 Å². The van der Waals surface area contributed by atoms with Crippen LogP contribution in [0, 0.1) is 24.4 Å². The van der Waals surface area contributed by atoms with Crippen molar-refractivity contribution >= 4 is 12.1 Å². The molecule has 1 unspecified atom stereocenters. The highest BCUT2D eigenvalue weighted by molar-refractivity contribution is 5.82. The molecule has 45 heavy (non-hydrogen) atoms. The third-order valence-electron chi connectivity index (χ3n) is 6.76. The number of ether oxygens (including phenoxy) is 7.